The molecule has 0 rings (SSSR count). The highest BCUT2D eigenvalue weighted by atomic mass is 16.3. The quantitative estimate of drug-likeness (QED) is 0.0363. The van der Waals surface area contributed by atoms with E-state index >= 15 is 0 Å². The monoisotopic (exact) mass is 842 g/mol. The van der Waals surface area contributed by atoms with Crippen LogP contribution in [0.5, 0.6) is 0 Å². The van der Waals surface area contributed by atoms with Gasteiger partial charge in [-0.05, 0) is 83.5 Å². The van der Waals surface area contributed by atoms with E-state index in [0.717, 1.165) is 51.4 Å². The van der Waals surface area contributed by atoms with Crippen LogP contribution in [-0.4, -0.2) is 46.1 Å². The minimum atomic E-state index is -1.17. The summed E-state index contributed by atoms with van der Waals surface area (Å²) in [6.07, 6.45) is 65.4. The molecule has 5 nitrogen and oxygen atoms in total. The number of nitrogens with one attached hydrogen (secondary N) is 1. The normalized spacial score (nSPS) is 13.8. The second-order valence-corrected chi connectivity index (χ2v) is 18.1. The molecular formula is C55H103NO4. The molecule has 0 radical (unpaired) electrons. The molecule has 60 heavy (non-hydrogen) atoms. The Bertz CT molecular complexity index is 974. The van der Waals surface area contributed by atoms with Gasteiger partial charge in [0, 0.05) is 6.42 Å². The molecule has 4 N–H and O–H groups in total. The third-order valence-electron chi connectivity index (χ3n) is 12.1. The Morgan fingerprint density at radius 2 is 0.733 bits per heavy atom. The summed E-state index contributed by atoms with van der Waals surface area (Å²) in [5, 5.41) is 33.6. The summed E-state index contributed by atoms with van der Waals surface area (Å²) < 4.78 is 0. The maximum absolute atomic E-state index is 12.5. The minimum Gasteiger partial charge on any atom is -0.394 e. The van der Waals surface area contributed by atoms with Gasteiger partial charge in [-0.2, -0.15) is 0 Å². The van der Waals surface area contributed by atoms with Gasteiger partial charge in [-0.1, -0.05) is 229 Å². The van der Waals surface area contributed by atoms with E-state index in [9.17, 15) is 20.1 Å². The molecule has 3 atom stereocenters. The first kappa shape index (κ1) is 58.3. The number of amides is 1. The summed E-state index contributed by atoms with van der Waals surface area (Å²) in [6, 6.07) is -0.833. The van der Waals surface area contributed by atoms with Gasteiger partial charge in [0.25, 0.3) is 0 Å². The zero-order chi connectivity index (χ0) is 43.7. The van der Waals surface area contributed by atoms with Crippen LogP contribution < -0.4 is 5.32 Å². The lowest BCUT2D eigenvalue weighted by molar-refractivity contribution is -0.124. The Balaban J connectivity index is 3.56. The molecule has 0 aliphatic heterocycles. The number of rotatable bonds is 48. The van der Waals surface area contributed by atoms with Crippen molar-refractivity contribution >= 4 is 5.91 Å². The van der Waals surface area contributed by atoms with E-state index in [0.29, 0.717) is 12.8 Å². The number of aliphatic hydroxyl groups excluding tert-OH is 3. The van der Waals surface area contributed by atoms with E-state index in [1.54, 1.807) is 0 Å². The van der Waals surface area contributed by atoms with E-state index in [4.69, 9.17) is 0 Å². The molecule has 0 aliphatic rings. The number of hydrogen-bond donors (Lipinski definition) is 4. The van der Waals surface area contributed by atoms with Crippen molar-refractivity contribution in [3.8, 4) is 0 Å². The summed E-state index contributed by atoms with van der Waals surface area (Å²) in [6.45, 7) is 4.16. The predicted octanol–water partition coefficient (Wildman–Crippen LogP) is 16.1. The van der Waals surface area contributed by atoms with Crippen LogP contribution >= 0.6 is 0 Å². The summed E-state index contributed by atoms with van der Waals surface area (Å²) in [7, 11) is 0. The fourth-order valence-corrected chi connectivity index (χ4v) is 8.03. The van der Waals surface area contributed by atoms with Gasteiger partial charge in [0.2, 0.25) is 5.91 Å². The van der Waals surface area contributed by atoms with Crippen molar-refractivity contribution < 1.29 is 20.1 Å². The van der Waals surface area contributed by atoms with Gasteiger partial charge in [0.05, 0.1) is 18.8 Å². The third-order valence-corrected chi connectivity index (χ3v) is 12.1. The molecule has 5 heteroatoms. The van der Waals surface area contributed by atoms with E-state index in [1.807, 2.05) is 0 Å². The van der Waals surface area contributed by atoms with Crippen molar-refractivity contribution in [3.05, 3.63) is 48.6 Å². The number of allylic oxidation sites excluding steroid dienone is 8. The summed E-state index contributed by atoms with van der Waals surface area (Å²) >= 11 is 0. The SMILES string of the molecule is CCCCCCCC/C=C/CC/C=C/CCCC(O)C(O)C(CO)NC(=O)CCCCCCCCCCCCCCCCC/C=C\C/C=C\CCCCCCCCCCC. The van der Waals surface area contributed by atoms with Gasteiger partial charge in [-0.3, -0.25) is 4.79 Å². The van der Waals surface area contributed by atoms with Crippen molar-refractivity contribution in [2.45, 2.75) is 289 Å². The fraction of sp³-hybridized carbons (Fsp3) is 0.836. The number of unbranched alkanes of at least 4 members (excludes halogenated alkanes) is 32. The molecule has 0 saturated heterocycles. The van der Waals surface area contributed by atoms with Gasteiger partial charge in [-0.15, -0.1) is 0 Å². The third kappa shape index (κ3) is 44.4. The van der Waals surface area contributed by atoms with Crippen molar-refractivity contribution in [2.75, 3.05) is 6.61 Å². The highest BCUT2D eigenvalue weighted by Crippen LogP contribution is 2.16. The number of aliphatic hydroxyl groups is 3. The minimum absolute atomic E-state index is 0.158. The van der Waals surface area contributed by atoms with Crippen LogP contribution in [0.15, 0.2) is 48.6 Å². The van der Waals surface area contributed by atoms with Gasteiger partial charge >= 0.3 is 0 Å². The molecular weight excluding hydrogens is 739 g/mol. The first-order valence-corrected chi connectivity index (χ1v) is 26.4. The van der Waals surface area contributed by atoms with Crippen LogP contribution in [0.4, 0.5) is 0 Å². The first-order valence-electron chi connectivity index (χ1n) is 26.4. The van der Waals surface area contributed by atoms with Crippen LogP contribution in [0.25, 0.3) is 0 Å². The molecule has 0 aromatic carbocycles. The van der Waals surface area contributed by atoms with Gasteiger partial charge in [0.15, 0.2) is 0 Å². The summed E-state index contributed by atoms with van der Waals surface area (Å²) in [5.41, 5.74) is 0. The molecule has 0 bridgehead atoms. The average molecular weight is 842 g/mol. The van der Waals surface area contributed by atoms with Gasteiger partial charge in [-0.25, -0.2) is 0 Å². The zero-order valence-corrected chi connectivity index (χ0v) is 40.1. The fourth-order valence-electron chi connectivity index (χ4n) is 8.03. The van der Waals surface area contributed by atoms with Crippen molar-refractivity contribution in [1.82, 2.24) is 5.32 Å². The Kier molecular flexibility index (Phi) is 48.6. The van der Waals surface area contributed by atoms with Gasteiger partial charge < -0.3 is 20.6 Å². The Morgan fingerprint density at radius 1 is 0.417 bits per heavy atom. The summed E-state index contributed by atoms with van der Waals surface area (Å²) in [4.78, 5) is 12.5. The lowest BCUT2D eigenvalue weighted by Crippen LogP contribution is -2.50. The van der Waals surface area contributed by atoms with Crippen molar-refractivity contribution in [2.24, 2.45) is 0 Å². The Morgan fingerprint density at radius 3 is 1.12 bits per heavy atom. The number of carbonyl (C=O) groups excluding carboxylic acids is 1. The molecule has 352 valence electrons. The van der Waals surface area contributed by atoms with Crippen molar-refractivity contribution in [1.29, 1.82) is 0 Å². The maximum Gasteiger partial charge on any atom is 0.220 e. The second-order valence-electron chi connectivity index (χ2n) is 18.1. The Labute approximate surface area is 374 Å². The lowest BCUT2D eigenvalue weighted by Gasteiger charge is -2.26. The van der Waals surface area contributed by atoms with E-state index in [1.165, 1.54) is 193 Å². The van der Waals surface area contributed by atoms with Crippen LogP contribution in [0.3, 0.4) is 0 Å². The van der Waals surface area contributed by atoms with E-state index in [-0.39, 0.29) is 12.5 Å². The lowest BCUT2D eigenvalue weighted by atomic mass is 10.0. The first-order chi connectivity index (χ1) is 29.6. The molecule has 0 spiro atoms. The highest BCUT2D eigenvalue weighted by molar-refractivity contribution is 5.76. The molecule has 0 aromatic heterocycles. The topological polar surface area (TPSA) is 89.8 Å². The van der Waals surface area contributed by atoms with Gasteiger partial charge in [0.1, 0.15) is 6.10 Å². The van der Waals surface area contributed by atoms with E-state index < -0.39 is 18.2 Å². The molecule has 0 heterocycles. The van der Waals surface area contributed by atoms with Crippen molar-refractivity contribution in [3.63, 3.8) is 0 Å². The van der Waals surface area contributed by atoms with Crippen LogP contribution in [-0.2, 0) is 4.79 Å². The van der Waals surface area contributed by atoms with E-state index in [2.05, 4.69) is 67.8 Å². The molecule has 0 fully saturated rings. The smallest absolute Gasteiger partial charge is 0.220 e. The highest BCUT2D eigenvalue weighted by Gasteiger charge is 2.26. The number of carbonyl (C=O) groups is 1. The molecule has 0 saturated carbocycles. The second kappa shape index (κ2) is 50.0. The zero-order valence-electron chi connectivity index (χ0n) is 40.1. The van der Waals surface area contributed by atoms with Crippen LogP contribution in [0, 0.1) is 0 Å². The number of hydrogen-bond acceptors (Lipinski definition) is 4. The average Bonchev–Trinajstić information content (AvgIpc) is 3.25. The molecule has 0 aromatic rings. The van der Waals surface area contributed by atoms with Crippen LogP contribution in [0.2, 0.25) is 0 Å². The maximum atomic E-state index is 12.5. The molecule has 3 unspecified atom stereocenters. The molecule has 0 aliphatic carbocycles. The molecule has 1 amide bonds. The summed E-state index contributed by atoms with van der Waals surface area (Å²) in [5.74, 6) is -0.158. The Hall–Kier alpha value is -1.69. The van der Waals surface area contributed by atoms with Crippen LogP contribution in [0.1, 0.15) is 271 Å². The largest absolute Gasteiger partial charge is 0.394 e. The standard InChI is InChI=1S/C55H103NO4/c1-3-5-7-9-11-13-15-17-19-20-21-22-23-24-25-26-27-28-29-30-31-32-33-34-36-38-40-42-44-46-48-50-54(59)56-52(51-57)55(60)53(58)49-47-45-43-41-39-37-35-18-16-14-12-10-8-6-4-2/h18,21-22,24-25,35,41,43,52-53,55,57-58,60H,3-17,19-20,23,26-34,36-40,42,44-51H2,1-2H3,(H,56,59)/b22-21-,25-24-,35-18+,43-41+. The predicted molar refractivity (Wildman–Crippen MR) is 264 cm³/mol.